The molecule has 1 saturated heterocycles. The van der Waals surface area contributed by atoms with Crippen molar-refractivity contribution in [2.24, 2.45) is 5.92 Å². The van der Waals surface area contributed by atoms with Crippen LogP contribution in [0.3, 0.4) is 0 Å². The number of hydrogen-bond donors (Lipinski definition) is 2. The van der Waals surface area contributed by atoms with Crippen molar-refractivity contribution in [1.29, 1.82) is 1.43 Å². The van der Waals surface area contributed by atoms with Gasteiger partial charge in [0.25, 0.3) is 0 Å². The van der Waals surface area contributed by atoms with Crippen LogP contribution in [0.1, 0.15) is 13.8 Å². The maximum atomic E-state index is 13.3. The molecular formula is C8H15FO3. The molecule has 0 amide bonds. The van der Waals surface area contributed by atoms with E-state index in [9.17, 15) is 9.50 Å². The lowest BCUT2D eigenvalue weighted by Crippen LogP contribution is -2.51. The van der Waals surface area contributed by atoms with E-state index in [0.717, 1.165) is 0 Å². The van der Waals surface area contributed by atoms with Gasteiger partial charge in [0.2, 0.25) is 1.43 Å². The van der Waals surface area contributed by atoms with Crippen LogP contribution in [0.25, 0.3) is 0 Å². The standard InChI is InChI=1S/C8H15FO3/c1-4-3-12-8(5(2)10)7(11)6(4)9/h4-8,10-11H,3H2,1-2H3/t4-,5+,6+,7+,8-/m1/s1/i10D. The first-order valence-corrected chi connectivity index (χ1v) is 4.13. The molecule has 0 spiro atoms. The minimum absolute atomic E-state index is 0.261. The van der Waals surface area contributed by atoms with E-state index >= 15 is 0 Å². The Kier molecular flexibility index (Phi) is 2.58. The quantitative estimate of drug-likeness (QED) is 0.632. The molecule has 72 valence electrons. The highest BCUT2D eigenvalue weighted by Gasteiger charge is 2.39. The molecule has 2 N–H and O–H groups in total. The molecule has 1 aliphatic rings. The molecule has 1 rings (SSSR count). The largest absolute Gasteiger partial charge is 0.391 e. The van der Waals surface area contributed by atoms with Crippen molar-refractivity contribution in [3.8, 4) is 0 Å². The number of alkyl halides is 1. The Morgan fingerprint density at radius 2 is 2.42 bits per heavy atom. The second-order valence-electron chi connectivity index (χ2n) is 3.42. The minimum Gasteiger partial charge on any atom is -0.391 e. The van der Waals surface area contributed by atoms with Crippen LogP contribution in [0, 0.1) is 5.92 Å². The van der Waals surface area contributed by atoms with Crippen molar-refractivity contribution >= 4 is 0 Å². The molecule has 1 fully saturated rings. The predicted molar refractivity (Wildman–Crippen MR) is 41.5 cm³/mol. The van der Waals surface area contributed by atoms with E-state index in [1.807, 2.05) is 0 Å². The minimum atomic E-state index is -1.30. The predicted octanol–water partition coefficient (Wildman–Crippen LogP) is 0.101. The molecule has 3 nitrogen and oxygen atoms in total. The van der Waals surface area contributed by atoms with Gasteiger partial charge in [-0.15, -0.1) is 0 Å². The third-order valence-electron chi connectivity index (χ3n) is 2.22. The third kappa shape index (κ3) is 1.76. The second kappa shape index (κ2) is 3.68. The van der Waals surface area contributed by atoms with Crippen molar-refractivity contribution in [3.05, 3.63) is 0 Å². The van der Waals surface area contributed by atoms with Gasteiger partial charge in [0.1, 0.15) is 18.4 Å². The molecule has 1 aliphatic heterocycles. The van der Waals surface area contributed by atoms with E-state index in [1.54, 1.807) is 13.8 Å². The molecule has 0 saturated carbocycles. The molecule has 12 heavy (non-hydrogen) atoms. The van der Waals surface area contributed by atoms with E-state index in [-0.39, 0.29) is 12.5 Å². The summed E-state index contributed by atoms with van der Waals surface area (Å²) in [6.07, 6.45) is -3.83. The molecule has 0 unspecified atom stereocenters. The Balaban J connectivity index is 2.58. The number of ether oxygens (including phenoxy) is 1. The fourth-order valence-corrected chi connectivity index (χ4v) is 1.38. The summed E-state index contributed by atoms with van der Waals surface area (Å²) >= 11 is 0. The Bertz CT molecular complexity index is 169. The summed E-state index contributed by atoms with van der Waals surface area (Å²) in [5.74, 6) is -0.302. The van der Waals surface area contributed by atoms with Crippen LogP contribution >= 0.6 is 0 Å². The maximum Gasteiger partial charge on any atom is 0.211 e. The van der Waals surface area contributed by atoms with Crippen molar-refractivity contribution in [2.75, 3.05) is 6.61 Å². The van der Waals surface area contributed by atoms with Gasteiger partial charge in [-0.1, -0.05) is 6.92 Å². The molecular weight excluding hydrogens is 163 g/mol. The number of aliphatic hydroxyl groups excluding tert-OH is 2. The first-order chi connectivity index (χ1) is 6.07. The van der Waals surface area contributed by atoms with Crippen LogP contribution < -0.4 is 0 Å². The Morgan fingerprint density at radius 3 is 3.00 bits per heavy atom. The lowest BCUT2D eigenvalue weighted by molar-refractivity contribution is -0.168. The van der Waals surface area contributed by atoms with E-state index in [0.29, 0.717) is 0 Å². The van der Waals surface area contributed by atoms with E-state index < -0.39 is 24.5 Å². The zero-order valence-corrected chi connectivity index (χ0v) is 7.24. The lowest BCUT2D eigenvalue weighted by Gasteiger charge is -2.36. The molecule has 0 aromatic carbocycles. The smallest absolute Gasteiger partial charge is 0.211 e. The summed E-state index contributed by atoms with van der Waals surface area (Å²) in [6, 6.07) is 0. The second-order valence-corrected chi connectivity index (χ2v) is 3.42. The van der Waals surface area contributed by atoms with Crippen molar-refractivity contribution < 1.29 is 19.3 Å². The highest BCUT2D eigenvalue weighted by Crippen LogP contribution is 2.24. The van der Waals surface area contributed by atoms with Crippen LogP contribution in [-0.2, 0) is 4.74 Å². The fourth-order valence-electron chi connectivity index (χ4n) is 1.38. The van der Waals surface area contributed by atoms with Gasteiger partial charge in [0.15, 0.2) is 0 Å². The normalized spacial score (nSPS) is 46.8. The van der Waals surface area contributed by atoms with Crippen molar-refractivity contribution in [1.82, 2.24) is 0 Å². The zero-order valence-electron chi connectivity index (χ0n) is 8.24. The van der Waals surface area contributed by atoms with Gasteiger partial charge < -0.3 is 15.0 Å². The monoisotopic (exact) mass is 179 g/mol. The lowest BCUT2D eigenvalue weighted by atomic mass is 9.93. The highest BCUT2D eigenvalue weighted by atomic mass is 19.1. The van der Waals surface area contributed by atoms with Crippen molar-refractivity contribution in [3.63, 3.8) is 0 Å². The molecule has 5 atom stereocenters. The van der Waals surface area contributed by atoms with Crippen LogP contribution in [0.5, 0.6) is 0 Å². The summed E-state index contributed by atoms with van der Waals surface area (Å²) in [7, 11) is 0. The molecule has 0 aromatic rings. The molecule has 0 aromatic heterocycles. The summed E-state index contributed by atoms with van der Waals surface area (Å²) in [5, 5.41) is 13.7. The van der Waals surface area contributed by atoms with Gasteiger partial charge in [-0.2, -0.15) is 0 Å². The van der Waals surface area contributed by atoms with Gasteiger partial charge in [0, 0.05) is 5.92 Å². The molecule has 0 radical (unpaired) electrons. The Hall–Kier alpha value is -0.190. The van der Waals surface area contributed by atoms with E-state index in [1.165, 1.54) is 0 Å². The molecule has 4 heteroatoms. The first-order valence-electron chi connectivity index (χ1n) is 4.54. The highest BCUT2D eigenvalue weighted by molar-refractivity contribution is 4.87. The van der Waals surface area contributed by atoms with Gasteiger partial charge >= 0.3 is 0 Å². The van der Waals surface area contributed by atoms with Gasteiger partial charge in [0.05, 0.1) is 12.7 Å². The van der Waals surface area contributed by atoms with Crippen LogP contribution in [0.2, 0.25) is 0 Å². The van der Waals surface area contributed by atoms with E-state index in [4.69, 9.17) is 6.17 Å². The first kappa shape index (κ1) is 8.41. The average Bonchev–Trinajstić information content (AvgIpc) is 2.13. The molecule has 0 bridgehead atoms. The van der Waals surface area contributed by atoms with Crippen LogP contribution in [0.15, 0.2) is 0 Å². The van der Waals surface area contributed by atoms with Crippen LogP contribution in [-0.4, -0.2) is 42.7 Å². The van der Waals surface area contributed by atoms with Gasteiger partial charge in [-0.05, 0) is 6.92 Å². The summed E-state index contributed by atoms with van der Waals surface area (Å²) in [5.41, 5.74) is 0. The summed E-state index contributed by atoms with van der Waals surface area (Å²) in [4.78, 5) is 0. The number of hydrogen-bond acceptors (Lipinski definition) is 3. The number of rotatable bonds is 2. The SMILES string of the molecule is [2H]O[C@@H](C)[C@H]1OC[C@@H](C)[C@H](F)[C@@H]1O. The van der Waals surface area contributed by atoms with Gasteiger partial charge in [-0.3, -0.25) is 0 Å². The summed E-state index contributed by atoms with van der Waals surface area (Å²) < 4.78 is 25.1. The maximum absolute atomic E-state index is 13.3. The van der Waals surface area contributed by atoms with Gasteiger partial charge in [-0.25, -0.2) is 4.39 Å². The molecule has 0 aliphatic carbocycles. The topological polar surface area (TPSA) is 49.7 Å². The van der Waals surface area contributed by atoms with E-state index in [2.05, 4.69) is 5.11 Å². The average molecular weight is 179 g/mol. The zero-order chi connectivity index (χ0) is 10.0. The third-order valence-corrected chi connectivity index (χ3v) is 2.22. The Morgan fingerprint density at radius 1 is 1.75 bits per heavy atom. The Labute approximate surface area is 72.6 Å². The molecule has 1 heterocycles. The fraction of sp³-hybridized carbons (Fsp3) is 1.00. The summed E-state index contributed by atoms with van der Waals surface area (Å²) in [6.45, 7) is 3.51. The number of halogens is 1. The van der Waals surface area contributed by atoms with Crippen molar-refractivity contribution in [2.45, 2.75) is 38.3 Å². The number of aliphatic hydroxyl groups is 2. The van der Waals surface area contributed by atoms with Crippen LogP contribution in [0.4, 0.5) is 4.39 Å².